The van der Waals surface area contributed by atoms with Gasteiger partial charge in [0.1, 0.15) is 6.61 Å². The Morgan fingerprint density at radius 3 is 1.84 bits per heavy atom. The molecule has 25 heavy (non-hydrogen) atoms. The van der Waals surface area contributed by atoms with E-state index >= 15 is 0 Å². The molecule has 1 fully saturated rings. The first-order chi connectivity index (χ1) is 11.5. The fourth-order valence-electron chi connectivity index (χ4n) is 2.17. The SMILES string of the molecule is CC(=O)OC[C@@]1(Br)O[C@@H](Cl)[C@H](OC(C)=O)[C@@H](OC(C)=O)[C@@H]1OC(C)=O. The molecule has 142 valence electrons. The second kappa shape index (κ2) is 8.81. The summed E-state index contributed by atoms with van der Waals surface area (Å²) in [4.78, 5) is 45.4. The van der Waals surface area contributed by atoms with Gasteiger partial charge >= 0.3 is 23.9 Å². The smallest absolute Gasteiger partial charge is 0.303 e. The summed E-state index contributed by atoms with van der Waals surface area (Å²) in [7, 11) is 0. The van der Waals surface area contributed by atoms with Crippen molar-refractivity contribution in [2.45, 2.75) is 56.1 Å². The molecular weight excluding hydrogens is 428 g/mol. The third-order valence-corrected chi connectivity index (χ3v) is 4.19. The molecule has 0 aromatic carbocycles. The Hall–Kier alpha value is -1.39. The highest BCUT2D eigenvalue weighted by Crippen LogP contribution is 2.41. The van der Waals surface area contributed by atoms with Gasteiger partial charge in [-0.2, -0.15) is 0 Å². The molecule has 11 heteroatoms. The van der Waals surface area contributed by atoms with Gasteiger partial charge in [0.05, 0.1) is 0 Å². The number of alkyl halides is 2. The number of esters is 4. The standard InChI is InChI=1S/C14H18BrClO9/c1-6(17)21-5-14(15)12(24-9(4)20)10(22-7(2)18)11(13(16)25-14)23-8(3)19/h10-13H,5H2,1-4H3/t10-,11-,12+,13-,14-/m1/s1. The van der Waals surface area contributed by atoms with Gasteiger partial charge < -0.3 is 23.7 Å². The van der Waals surface area contributed by atoms with Gasteiger partial charge in [-0.15, -0.1) is 0 Å². The molecule has 1 aliphatic heterocycles. The van der Waals surface area contributed by atoms with Crippen molar-refractivity contribution in [3.8, 4) is 0 Å². The van der Waals surface area contributed by atoms with E-state index in [1.54, 1.807) is 0 Å². The van der Waals surface area contributed by atoms with Gasteiger partial charge in [0, 0.05) is 27.7 Å². The number of carbonyl (C=O) groups is 4. The highest BCUT2D eigenvalue weighted by atomic mass is 79.9. The molecule has 0 N–H and O–H groups in total. The molecular formula is C14H18BrClO9. The second-order valence-electron chi connectivity index (χ2n) is 5.21. The summed E-state index contributed by atoms with van der Waals surface area (Å²) in [6.07, 6.45) is -3.86. The third-order valence-electron chi connectivity index (χ3n) is 2.98. The van der Waals surface area contributed by atoms with Crippen LogP contribution in [0.3, 0.4) is 0 Å². The summed E-state index contributed by atoms with van der Waals surface area (Å²) in [5.74, 6) is -2.79. The first kappa shape index (κ1) is 21.7. The average molecular weight is 446 g/mol. The van der Waals surface area contributed by atoms with Gasteiger partial charge in [-0.25, -0.2) is 0 Å². The number of ether oxygens (including phenoxy) is 5. The van der Waals surface area contributed by atoms with Crippen LogP contribution >= 0.6 is 27.5 Å². The van der Waals surface area contributed by atoms with Crippen molar-refractivity contribution in [1.29, 1.82) is 0 Å². The summed E-state index contributed by atoms with van der Waals surface area (Å²) in [5, 5.41) is 0. The van der Waals surface area contributed by atoms with Crippen LogP contribution in [0.4, 0.5) is 0 Å². The lowest BCUT2D eigenvalue weighted by molar-refractivity contribution is -0.246. The fraction of sp³-hybridized carbons (Fsp3) is 0.714. The van der Waals surface area contributed by atoms with E-state index in [-0.39, 0.29) is 0 Å². The molecule has 0 saturated carbocycles. The summed E-state index contributed by atoms with van der Waals surface area (Å²) in [6, 6.07) is 0. The minimum atomic E-state index is -1.62. The van der Waals surface area contributed by atoms with E-state index < -0.39 is 58.9 Å². The molecule has 0 radical (unpaired) electrons. The van der Waals surface area contributed by atoms with Crippen molar-refractivity contribution >= 4 is 51.4 Å². The van der Waals surface area contributed by atoms with Gasteiger partial charge in [-0.05, 0) is 15.9 Å². The van der Waals surface area contributed by atoms with Gasteiger partial charge in [0.15, 0.2) is 28.4 Å². The van der Waals surface area contributed by atoms with E-state index in [1.807, 2.05) is 0 Å². The largest absolute Gasteiger partial charge is 0.462 e. The number of hydrogen-bond acceptors (Lipinski definition) is 9. The summed E-state index contributed by atoms with van der Waals surface area (Å²) >= 11 is 9.30. The summed E-state index contributed by atoms with van der Waals surface area (Å²) in [6.45, 7) is 4.13. The fourth-order valence-corrected chi connectivity index (χ4v) is 3.30. The number of hydrogen-bond donors (Lipinski definition) is 0. The zero-order valence-electron chi connectivity index (χ0n) is 13.9. The first-order valence-corrected chi connectivity index (χ1v) is 8.35. The highest BCUT2D eigenvalue weighted by Gasteiger charge is 2.59. The molecule has 0 spiro atoms. The molecule has 1 rings (SSSR count). The summed E-state index contributed by atoms with van der Waals surface area (Å²) in [5.41, 5.74) is -1.28. The maximum Gasteiger partial charge on any atom is 0.303 e. The van der Waals surface area contributed by atoms with Crippen molar-refractivity contribution in [3.63, 3.8) is 0 Å². The maximum atomic E-state index is 11.5. The maximum absolute atomic E-state index is 11.5. The molecule has 1 saturated heterocycles. The Kier molecular flexibility index (Phi) is 7.63. The van der Waals surface area contributed by atoms with Gasteiger partial charge in [0.25, 0.3) is 0 Å². The van der Waals surface area contributed by atoms with E-state index in [4.69, 9.17) is 35.3 Å². The predicted molar refractivity (Wildman–Crippen MR) is 85.7 cm³/mol. The second-order valence-corrected chi connectivity index (χ2v) is 6.99. The van der Waals surface area contributed by atoms with E-state index in [0.717, 1.165) is 20.8 Å². The Labute approximate surface area is 157 Å². The van der Waals surface area contributed by atoms with E-state index in [0.29, 0.717) is 0 Å². The summed E-state index contributed by atoms with van der Waals surface area (Å²) < 4.78 is 24.2. The monoisotopic (exact) mass is 444 g/mol. The van der Waals surface area contributed by atoms with Crippen LogP contribution in [-0.4, -0.2) is 58.9 Å². The molecule has 0 aromatic heterocycles. The lowest BCUT2D eigenvalue weighted by Gasteiger charge is -2.46. The zero-order chi connectivity index (χ0) is 19.4. The quantitative estimate of drug-likeness (QED) is 0.347. The Balaban J connectivity index is 3.26. The van der Waals surface area contributed by atoms with Crippen LogP contribution in [0.2, 0.25) is 0 Å². The van der Waals surface area contributed by atoms with Crippen molar-refractivity contribution in [3.05, 3.63) is 0 Å². The van der Waals surface area contributed by atoms with E-state index in [9.17, 15) is 19.2 Å². The molecule has 5 atom stereocenters. The Bertz CT molecular complexity index is 554. The van der Waals surface area contributed by atoms with Crippen molar-refractivity contribution in [2.75, 3.05) is 6.61 Å². The van der Waals surface area contributed by atoms with Crippen molar-refractivity contribution < 1.29 is 42.9 Å². The van der Waals surface area contributed by atoms with Crippen LogP contribution in [0.15, 0.2) is 0 Å². The molecule has 1 heterocycles. The van der Waals surface area contributed by atoms with Crippen LogP contribution in [0.1, 0.15) is 27.7 Å². The molecule has 0 aliphatic carbocycles. The zero-order valence-corrected chi connectivity index (χ0v) is 16.3. The molecule has 0 amide bonds. The normalized spacial score (nSPS) is 31.6. The topological polar surface area (TPSA) is 114 Å². The number of carbonyl (C=O) groups excluding carboxylic acids is 4. The van der Waals surface area contributed by atoms with Crippen LogP contribution in [0, 0.1) is 0 Å². The minimum Gasteiger partial charge on any atom is -0.462 e. The molecule has 0 aromatic rings. The molecule has 0 unspecified atom stereocenters. The number of halogens is 2. The Morgan fingerprint density at radius 2 is 1.40 bits per heavy atom. The van der Waals surface area contributed by atoms with Crippen LogP contribution < -0.4 is 0 Å². The molecule has 9 nitrogen and oxygen atoms in total. The van der Waals surface area contributed by atoms with Crippen molar-refractivity contribution in [2.24, 2.45) is 0 Å². The van der Waals surface area contributed by atoms with Gasteiger partial charge in [-0.3, -0.25) is 19.2 Å². The lowest BCUT2D eigenvalue weighted by Crippen LogP contribution is -2.65. The highest BCUT2D eigenvalue weighted by molar-refractivity contribution is 9.10. The predicted octanol–water partition coefficient (Wildman–Crippen LogP) is 1.03. The van der Waals surface area contributed by atoms with Gasteiger partial charge in [0.2, 0.25) is 0 Å². The number of rotatable bonds is 5. The van der Waals surface area contributed by atoms with Gasteiger partial charge in [-0.1, -0.05) is 11.6 Å². The van der Waals surface area contributed by atoms with E-state index in [2.05, 4.69) is 15.9 Å². The van der Waals surface area contributed by atoms with Crippen LogP contribution in [0.5, 0.6) is 0 Å². The molecule has 1 aliphatic rings. The molecule has 0 bridgehead atoms. The van der Waals surface area contributed by atoms with Crippen LogP contribution in [0.25, 0.3) is 0 Å². The van der Waals surface area contributed by atoms with Crippen molar-refractivity contribution in [1.82, 2.24) is 0 Å². The Morgan fingerprint density at radius 1 is 0.920 bits per heavy atom. The average Bonchev–Trinajstić information content (AvgIpc) is 2.44. The first-order valence-electron chi connectivity index (χ1n) is 7.12. The van der Waals surface area contributed by atoms with Crippen LogP contribution in [-0.2, 0) is 42.9 Å². The minimum absolute atomic E-state index is 0.409. The lowest BCUT2D eigenvalue weighted by atomic mass is 9.99. The third kappa shape index (κ3) is 6.12. The van der Waals surface area contributed by atoms with E-state index in [1.165, 1.54) is 6.92 Å².